The Hall–Kier alpha value is -3.49. The molecule has 8 heteroatoms. The summed E-state index contributed by atoms with van der Waals surface area (Å²) in [5.74, 6) is 2.02. The van der Waals surface area contributed by atoms with Crippen molar-refractivity contribution in [2.45, 2.75) is 6.23 Å². The van der Waals surface area contributed by atoms with E-state index in [1.54, 1.807) is 32.1 Å². The number of nitrogens with one attached hydrogen (secondary N) is 1. The first kappa shape index (κ1) is 19.8. The van der Waals surface area contributed by atoms with Gasteiger partial charge in [-0.3, -0.25) is 4.57 Å². The summed E-state index contributed by atoms with van der Waals surface area (Å²) in [4.78, 5) is 4.48. The van der Waals surface area contributed by atoms with Crippen LogP contribution in [0.15, 0.2) is 54.2 Å². The van der Waals surface area contributed by atoms with E-state index < -0.39 is 6.23 Å². The molecule has 156 valence electrons. The number of nitrogens with zero attached hydrogens (tertiary/aromatic N) is 2. The number of benzene rings is 2. The van der Waals surface area contributed by atoms with Crippen LogP contribution in [-0.4, -0.2) is 42.5 Å². The number of rotatable bonds is 6. The van der Waals surface area contributed by atoms with Crippen LogP contribution in [0.1, 0.15) is 11.8 Å². The molecule has 30 heavy (non-hydrogen) atoms. The van der Waals surface area contributed by atoms with Crippen LogP contribution >= 0.6 is 0 Å². The summed E-state index contributed by atoms with van der Waals surface area (Å²) < 4.78 is 18.1. The van der Waals surface area contributed by atoms with Crippen LogP contribution in [0.5, 0.6) is 17.2 Å². The van der Waals surface area contributed by atoms with E-state index in [2.05, 4.69) is 10.3 Å². The van der Waals surface area contributed by atoms with Gasteiger partial charge in [-0.05, 0) is 17.7 Å². The Labute approximate surface area is 174 Å². The van der Waals surface area contributed by atoms with Crippen molar-refractivity contribution in [2.75, 3.05) is 33.2 Å². The Bertz CT molecular complexity index is 1070. The quantitative estimate of drug-likeness (QED) is 0.576. The van der Waals surface area contributed by atoms with Crippen LogP contribution in [0.3, 0.4) is 0 Å². The lowest BCUT2D eigenvalue weighted by molar-refractivity contribution is 0.142. The number of fused-ring (bicyclic) bond motifs is 1. The van der Waals surface area contributed by atoms with Gasteiger partial charge in [0, 0.05) is 17.7 Å². The smallest absolute Gasteiger partial charge is 0.210 e. The summed E-state index contributed by atoms with van der Waals surface area (Å²) in [5, 5.41) is 14.5. The van der Waals surface area contributed by atoms with Gasteiger partial charge in [-0.15, -0.1) is 0 Å². The summed E-state index contributed by atoms with van der Waals surface area (Å²) in [7, 11) is 4.66. The SMILES string of the molecule is COc1cc(C2=C(CN)C(O)n3c(-c4ccccc4)cnc3N2)cc(OC)c1OC. The molecule has 2 heterocycles. The van der Waals surface area contributed by atoms with Crippen molar-refractivity contribution in [3.05, 3.63) is 59.8 Å². The van der Waals surface area contributed by atoms with Gasteiger partial charge in [-0.1, -0.05) is 30.3 Å². The van der Waals surface area contributed by atoms with E-state index in [4.69, 9.17) is 19.9 Å². The van der Waals surface area contributed by atoms with Crippen LogP contribution < -0.4 is 25.3 Å². The lowest BCUT2D eigenvalue weighted by Crippen LogP contribution is -2.27. The number of aliphatic hydroxyl groups excluding tert-OH is 1. The first-order valence-corrected chi connectivity index (χ1v) is 9.44. The maximum atomic E-state index is 11.2. The molecule has 1 unspecified atom stereocenters. The van der Waals surface area contributed by atoms with Gasteiger partial charge in [0.05, 0.1) is 38.9 Å². The number of aliphatic hydroxyl groups is 1. The van der Waals surface area contributed by atoms with E-state index in [9.17, 15) is 5.11 Å². The van der Waals surface area contributed by atoms with Gasteiger partial charge in [0.15, 0.2) is 17.7 Å². The highest BCUT2D eigenvalue weighted by molar-refractivity contribution is 5.83. The van der Waals surface area contributed by atoms with Crippen molar-refractivity contribution >= 4 is 11.6 Å². The monoisotopic (exact) mass is 408 g/mol. The first-order chi connectivity index (χ1) is 14.6. The third kappa shape index (κ3) is 3.16. The number of methoxy groups -OCH3 is 3. The summed E-state index contributed by atoms with van der Waals surface area (Å²) in [6, 6.07) is 13.4. The molecule has 4 rings (SSSR count). The van der Waals surface area contributed by atoms with Gasteiger partial charge in [-0.25, -0.2) is 4.98 Å². The molecule has 0 aliphatic carbocycles. The number of anilines is 1. The zero-order valence-electron chi connectivity index (χ0n) is 17.0. The van der Waals surface area contributed by atoms with Crippen molar-refractivity contribution in [3.8, 4) is 28.5 Å². The average molecular weight is 408 g/mol. The fourth-order valence-corrected chi connectivity index (χ4v) is 3.69. The van der Waals surface area contributed by atoms with E-state index in [1.165, 1.54) is 0 Å². The fraction of sp³-hybridized carbons (Fsp3) is 0.227. The predicted octanol–water partition coefficient (Wildman–Crippen LogP) is 2.86. The zero-order chi connectivity index (χ0) is 21.3. The molecule has 0 fully saturated rings. The van der Waals surface area contributed by atoms with Crippen LogP contribution in [-0.2, 0) is 0 Å². The second-order valence-corrected chi connectivity index (χ2v) is 6.72. The molecule has 0 saturated carbocycles. The van der Waals surface area contributed by atoms with Crippen LogP contribution in [0.4, 0.5) is 5.95 Å². The van der Waals surface area contributed by atoms with Crippen molar-refractivity contribution in [3.63, 3.8) is 0 Å². The minimum atomic E-state index is -0.974. The minimum Gasteiger partial charge on any atom is -0.493 e. The van der Waals surface area contributed by atoms with E-state index in [0.717, 1.165) is 16.8 Å². The minimum absolute atomic E-state index is 0.145. The van der Waals surface area contributed by atoms with Crippen molar-refractivity contribution < 1.29 is 19.3 Å². The molecule has 0 spiro atoms. The normalized spacial score (nSPS) is 15.4. The number of aromatic nitrogens is 2. The van der Waals surface area contributed by atoms with Gasteiger partial charge in [-0.2, -0.15) is 0 Å². The summed E-state index contributed by atoms with van der Waals surface area (Å²) in [6.45, 7) is 0.145. The standard InChI is InChI=1S/C22H24N4O4/c1-28-17-9-14(10-18(29-2)20(17)30-3)19-15(11-23)21(27)26-16(12-24-22(26)25-19)13-7-5-4-6-8-13/h4-10,12,21,27H,11,23H2,1-3H3,(H,24,25). The third-order valence-electron chi connectivity index (χ3n) is 5.15. The van der Waals surface area contributed by atoms with E-state index in [0.29, 0.717) is 34.5 Å². The molecule has 4 N–H and O–H groups in total. The third-order valence-corrected chi connectivity index (χ3v) is 5.15. The average Bonchev–Trinajstić information content (AvgIpc) is 3.23. The molecule has 1 aliphatic rings. The van der Waals surface area contributed by atoms with Crippen LogP contribution in [0, 0.1) is 0 Å². The summed E-state index contributed by atoms with van der Waals surface area (Å²) in [6.07, 6.45) is 0.755. The van der Waals surface area contributed by atoms with Crippen LogP contribution in [0.2, 0.25) is 0 Å². The molecule has 1 aromatic heterocycles. The summed E-state index contributed by atoms with van der Waals surface area (Å²) in [5.41, 5.74) is 9.80. The zero-order valence-corrected chi connectivity index (χ0v) is 17.0. The Morgan fingerprint density at radius 2 is 1.70 bits per heavy atom. The number of imidazole rings is 1. The molecular weight excluding hydrogens is 384 g/mol. The van der Waals surface area contributed by atoms with Gasteiger partial charge in [0.2, 0.25) is 11.7 Å². The highest BCUT2D eigenvalue weighted by Gasteiger charge is 2.30. The Kier molecular flexibility index (Phi) is 5.35. The molecule has 3 aromatic rings. The largest absolute Gasteiger partial charge is 0.493 e. The fourth-order valence-electron chi connectivity index (χ4n) is 3.69. The van der Waals surface area contributed by atoms with Gasteiger partial charge < -0.3 is 30.4 Å². The molecular formula is C22H24N4O4. The van der Waals surface area contributed by atoms with Crippen molar-refractivity contribution in [2.24, 2.45) is 5.73 Å². The highest BCUT2D eigenvalue weighted by atomic mass is 16.5. The molecule has 0 bridgehead atoms. The van der Waals surface area contributed by atoms with Gasteiger partial charge in [0.1, 0.15) is 0 Å². The molecule has 1 atom stereocenters. The van der Waals surface area contributed by atoms with Crippen molar-refractivity contribution in [1.82, 2.24) is 9.55 Å². The number of nitrogens with two attached hydrogens (primary N) is 1. The maximum absolute atomic E-state index is 11.2. The first-order valence-electron chi connectivity index (χ1n) is 9.44. The highest BCUT2D eigenvalue weighted by Crippen LogP contribution is 2.43. The summed E-state index contributed by atoms with van der Waals surface area (Å²) >= 11 is 0. The predicted molar refractivity (Wildman–Crippen MR) is 115 cm³/mol. The molecule has 0 radical (unpaired) electrons. The molecule has 2 aromatic carbocycles. The van der Waals surface area contributed by atoms with Gasteiger partial charge >= 0.3 is 0 Å². The number of ether oxygens (including phenoxy) is 3. The molecule has 0 saturated heterocycles. The Balaban J connectivity index is 1.84. The van der Waals surface area contributed by atoms with Crippen molar-refractivity contribution in [1.29, 1.82) is 0 Å². The number of hydrogen-bond donors (Lipinski definition) is 3. The molecule has 1 aliphatic heterocycles. The Morgan fingerprint density at radius 3 is 2.27 bits per heavy atom. The maximum Gasteiger partial charge on any atom is 0.210 e. The van der Waals surface area contributed by atoms with E-state index >= 15 is 0 Å². The van der Waals surface area contributed by atoms with Crippen LogP contribution in [0.25, 0.3) is 17.0 Å². The lowest BCUT2D eigenvalue weighted by atomic mass is 10.0. The lowest BCUT2D eigenvalue weighted by Gasteiger charge is -2.29. The molecule has 0 amide bonds. The second-order valence-electron chi connectivity index (χ2n) is 6.72. The topological polar surface area (TPSA) is 104 Å². The second kappa shape index (κ2) is 8.10. The van der Waals surface area contributed by atoms with E-state index in [-0.39, 0.29) is 6.54 Å². The Morgan fingerprint density at radius 1 is 1.03 bits per heavy atom. The van der Waals surface area contributed by atoms with E-state index in [1.807, 2.05) is 42.5 Å². The number of hydrogen-bond acceptors (Lipinski definition) is 7. The molecule has 8 nitrogen and oxygen atoms in total. The van der Waals surface area contributed by atoms with Gasteiger partial charge in [0.25, 0.3) is 0 Å².